The Morgan fingerprint density at radius 2 is 2.07 bits per heavy atom. The van der Waals surface area contributed by atoms with Crippen LogP contribution in [0.3, 0.4) is 0 Å². The molecule has 0 spiro atoms. The molecule has 0 saturated heterocycles. The summed E-state index contributed by atoms with van der Waals surface area (Å²) in [5, 5.41) is 0. The molecule has 14 heavy (non-hydrogen) atoms. The number of hydrogen-bond donors (Lipinski definition) is 0. The molecule has 76 valence electrons. The van der Waals surface area contributed by atoms with Gasteiger partial charge in [0.05, 0.1) is 6.61 Å². The fourth-order valence-corrected chi connectivity index (χ4v) is 1.04. The molecule has 0 atom stereocenters. The van der Waals surface area contributed by atoms with E-state index in [4.69, 9.17) is 9.47 Å². The monoisotopic (exact) mass is 192 g/mol. The van der Waals surface area contributed by atoms with E-state index in [1.54, 1.807) is 0 Å². The molecule has 0 unspecified atom stereocenters. The highest BCUT2D eigenvalue weighted by Gasteiger charge is 1.96. The molecule has 2 nitrogen and oxygen atoms in total. The lowest BCUT2D eigenvalue weighted by Gasteiger charge is -2.08. The minimum absolute atomic E-state index is 0.276. The highest BCUT2D eigenvalue weighted by molar-refractivity contribution is 5.31. The Morgan fingerprint density at radius 3 is 2.71 bits per heavy atom. The quantitative estimate of drug-likeness (QED) is 0.405. The zero-order valence-electron chi connectivity index (χ0n) is 8.75. The average Bonchev–Trinajstić information content (AvgIpc) is 2.15. The lowest BCUT2D eigenvalue weighted by Crippen LogP contribution is -2.05. The number of para-hydroxylation sites is 1. The van der Waals surface area contributed by atoms with E-state index in [9.17, 15) is 0 Å². The number of benzene rings is 1. The normalized spacial score (nSPS) is 9.86. The molecule has 0 aromatic heterocycles. The number of aryl methyl sites for hydroxylation is 1. The summed E-state index contributed by atoms with van der Waals surface area (Å²) < 4.78 is 10.7. The molecular formula is C12H16O2. The Labute approximate surface area is 85.2 Å². The first-order valence-corrected chi connectivity index (χ1v) is 4.60. The smallest absolute Gasteiger partial charge is 0.189 e. The van der Waals surface area contributed by atoms with Crippen LogP contribution in [0.25, 0.3) is 0 Å². The van der Waals surface area contributed by atoms with Crippen LogP contribution in [0.4, 0.5) is 0 Å². The maximum atomic E-state index is 5.42. The van der Waals surface area contributed by atoms with Crippen molar-refractivity contribution in [3.8, 4) is 5.75 Å². The van der Waals surface area contributed by atoms with Gasteiger partial charge in [0.15, 0.2) is 6.79 Å². The number of rotatable bonds is 5. The number of hydrogen-bond acceptors (Lipinski definition) is 2. The molecule has 0 aliphatic heterocycles. The van der Waals surface area contributed by atoms with Gasteiger partial charge < -0.3 is 9.47 Å². The Bertz CT molecular complexity index is 305. The van der Waals surface area contributed by atoms with Gasteiger partial charge in [0, 0.05) is 0 Å². The van der Waals surface area contributed by atoms with Crippen LogP contribution in [0, 0.1) is 6.92 Å². The molecule has 0 N–H and O–H groups in total. The third-order valence-electron chi connectivity index (χ3n) is 1.74. The Hall–Kier alpha value is -1.28. The molecule has 1 aromatic carbocycles. The second-order valence-corrected chi connectivity index (χ2v) is 3.33. The zero-order valence-corrected chi connectivity index (χ0v) is 8.75. The van der Waals surface area contributed by atoms with Crippen LogP contribution in [0.1, 0.15) is 12.5 Å². The largest absolute Gasteiger partial charge is 0.467 e. The van der Waals surface area contributed by atoms with Crippen LogP contribution in [0.2, 0.25) is 0 Å². The first-order valence-electron chi connectivity index (χ1n) is 4.60. The van der Waals surface area contributed by atoms with Crippen molar-refractivity contribution in [2.24, 2.45) is 0 Å². The van der Waals surface area contributed by atoms with Crippen molar-refractivity contribution in [2.45, 2.75) is 13.8 Å². The van der Waals surface area contributed by atoms with Gasteiger partial charge in [-0.25, -0.2) is 0 Å². The molecule has 1 rings (SSSR count). The van der Waals surface area contributed by atoms with E-state index >= 15 is 0 Å². The summed E-state index contributed by atoms with van der Waals surface area (Å²) in [6.45, 7) is 8.49. The molecule has 0 aliphatic rings. The lowest BCUT2D eigenvalue weighted by atomic mass is 10.2. The third kappa shape index (κ3) is 3.62. The molecule has 0 amide bonds. The van der Waals surface area contributed by atoms with Crippen molar-refractivity contribution >= 4 is 0 Å². The van der Waals surface area contributed by atoms with Crippen LogP contribution in [-0.4, -0.2) is 13.4 Å². The van der Waals surface area contributed by atoms with Gasteiger partial charge in [0.25, 0.3) is 0 Å². The van der Waals surface area contributed by atoms with Crippen LogP contribution in [-0.2, 0) is 4.74 Å². The van der Waals surface area contributed by atoms with Crippen molar-refractivity contribution in [2.75, 3.05) is 13.4 Å². The van der Waals surface area contributed by atoms with Crippen LogP contribution < -0.4 is 4.74 Å². The molecule has 0 heterocycles. The van der Waals surface area contributed by atoms with Gasteiger partial charge in [0.1, 0.15) is 5.75 Å². The Balaban J connectivity index is 2.31. The van der Waals surface area contributed by atoms with E-state index in [1.807, 2.05) is 38.1 Å². The van der Waals surface area contributed by atoms with Crippen molar-refractivity contribution in [1.82, 2.24) is 0 Å². The molecule has 0 fully saturated rings. The first-order chi connectivity index (χ1) is 6.70. The zero-order chi connectivity index (χ0) is 10.4. The summed E-state index contributed by atoms with van der Waals surface area (Å²) in [7, 11) is 0. The molecule has 1 aromatic rings. The van der Waals surface area contributed by atoms with E-state index in [0.717, 1.165) is 16.9 Å². The van der Waals surface area contributed by atoms with Gasteiger partial charge in [-0.3, -0.25) is 0 Å². The van der Waals surface area contributed by atoms with Crippen molar-refractivity contribution < 1.29 is 9.47 Å². The third-order valence-corrected chi connectivity index (χ3v) is 1.74. The van der Waals surface area contributed by atoms with E-state index in [-0.39, 0.29) is 6.79 Å². The average molecular weight is 192 g/mol. The van der Waals surface area contributed by atoms with Crippen LogP contribution in [0.15, 0.2) is 36.4 Å². The second kappa shape index (κ2) is 5.45. The van der Waals surface area contributed by atoms with Crippen LogP contribution >= 0.6 is 0 Å². The fraction of sp³-hybridized carbons (Fsp3) is 0.333. The molecule has 0 radical (unpaired) electrons. The van der Waals surface area contributed by atoms with Crippen molar-refractivity contribution in [3.05, 3.63) is 42.0 Å². The summed E-state index contributed by atoms with van der Waals surface area (Å²) in [5.41, 5.74) is 2.12. The summed E-state index contributed by atoms with van der Waals surface area (Å²) in [5.74, 6) is 0.870. The topological polar surface area (TPSA) is 18.5 Å². The molecule has 0 aliphatic carbocycles. The van der Waals surface area contributed by atoms with Gasteiger partial charge in [-0.2, -0.15) is 0 Å². The van der Waals surface area contributed by atoms with Gasteiger partial charge in [0.2, 0.25) is 0 Å². The predicted molar refractivity (Wildman–Crippen MR) is 57.4 cm³/mol. The highest BCUT2D eigenvalue weighted by atomic mass is 16.7. The Morgan fingerprint density at radius 1 is 1.36 bits per heavy atom. The summed E-state index contributed by atoms with van der Waals surface area (Å²) in [6.07, 6.45) is 0. The SMILES string of the molecule is C=C(C)COCOc1ccccc1C. The van der Waals surface area contributed by atoms with Crippen LogP contribution in [0.5, 0.6) is 5.75 Å². The summed E-state index contributed by atoms with van der Waals surface area (Å²) in [6, 6.07) is 7.87. The van der Waals surface area contributed by atoms with E-state index in [2.05, 4.69) is 6.58 Å². The molecular weight excluding hydrogens is 176 g/mol. The maximum absolute atomic E-state index is 5.42. The molecule has 2 heteroatoms. The highest BCUT2D eigenvalue weighted by Crippen LogP contribution is 2.15. The molecule has 0 bridgehead atoms. The van der Waals surface area contributed by atoms with Crippen molar-refractivity contribution in [3.63, 3.8) is 0 Å². The Kier molecular flexibility index (Phi) is 4.20. The minimum Gasteiger partial charge on any atom is -0.467 e. The summed E-state index contributed by atoms with van der Waals surface area (Å²) in [4.78, 5) is 0. The predicted octanol–water partition coefficient (Wildman–Crippen LogP) is 2.92. The molecule has 0 saturated carbocycles. The fourth-order valence-electron chi connectivity index (χ4n) is 1.04. The van der Waals surface area contributed by atoms with Gasteiger partial charge in [-0.1, -0.05) is 30.4 Å². The standard InChI is InChI=1S/C12H16O2/c1-10(2)8-13-9-14-12-7-5-4-6-11(12)3/h4-7H,1,8-9H2,2-3H3. The minimum atomic E-state index is 0.276. The van der Waals surface area contributed by atoms with Gasteiger partial charge in [-0.05, 0) is 25.5 Å². The van der Waals surface area contributed by atoms with E-state index in [0.29, 0.717) is 6.61 Å². The lowest BCUT2D eigenvalue weighted by molar-refractivity contribution is 0.0271. The first kappa shape index (κ1) is 10.8. The van der Waals surface area contributed by atoms with Crippen molar-refractivity contribution in [1.29, 1.82) is 0 Å². The number of ether oxygens (including phenoxy) is 2. The van der Waals surface area contributed by atoms with E-state index in [1.165, 1.54) is 0 Å². The maximum Gasteiger partial charge on any atom is 0.189 e. The second-order valence-electron chi connectivity index (χ2n) is 3.33. The van der Waals surface area contributed by atoms with Gasteiger partial charge in [-0.15, -0.1) is 0 Å². The van der Waals surface area contributed by atoms with Gasteiger partial charge >= 0.3 is 0 Å². The summed E-state index contributed by atoms with van der Waals surface area (Å²) >= 11 is 0. The van der Waals surface area contributed by atoms with E-state index < -0.39 is 0 Å².